The molecule has 146 valence electrons. The van der Waals surface area contributed by atoms with E-state index in [0.29, 0.717) is 45.1 Å². The largest absolute Gasteiger partial charge is 0.491 e. The molecule has 0 spiro atoms. The van der Waals surface area contributed by atoms with Crippen molar-refractivity contribution >= 4 is 5.96 Å². The zero-order valence-electron chi connectivity index (χ0n) is 16.5. The number of guanidine groups is 1. The summed E-state index contributed by atoms with van der Waals surface area (Å²) in [7, 11) is 0. The van der Waals surface area contributed by atoms with Crippen molar-refractivity contribution in [1.29, 1.82) is 0 Å². The van der Waals surface area contributed by atoms with Crippen molar-refractivity contribution in [3.05, 3.63) is 29.3 Å². The van der Waals surface area contributed by atoms with Crippen molar-refractivity contribution in [3.63, 3.8) is 0 Å². The Balaban J connectivity index is 2.04. The fourth-order valence-electron chi connectivity index (χ4n) is 2.84. The van der Waals surface area contributed by atoms with Crippen LogP contribution in [-0.4, -0.2) is 49.1 Å². The first-order valence-corrected chi connectivity index (χ1v) is 9.50. The summed E-state index contributed by atoms with van der Waals surface area (Å²) < 4.78 is 11.3. The van der Waals surface area contributed by atoms with Gasteiger partial charge in [0.2, 0.25) is 0 Å². The second kappa shape index (κ2) is 9.78. The molecule has 0 bridgehead atoms. The van der Waals surface area contributed by atoms with Gasteiger partial charge in [-0.1, -0.05) is 12.1 Å². The summed E-state index contributed by atoms with van der Waals surface area (Å²) in [5.74, 6) is 1.58. The fourth-order valence-corrected chi connectivity index (χ4v) is 2.84. The molecule has 1 aliphatic heterocycles. The number of nitrogens with zero attached hydrogens (tertiary/aromatic N) is 1. The van der Waals surface area contributed by atoms with Gasteiger partial charge in [-0.3, -0.25) is 0 Å². The van der Waals surface area contributed by atoms with Gasteiger partial charge in [0.05, 0.1) is 18.2 Å². The molecule has 2 rings (SSSR count). The highest BCUT2D eigenvalue weighted by Crippen LogP contribution is 2.23. The lowest BCUT2D eigenvalue weighted by molar-refractivity contribution is -0.0594. The molecule has 6 nitrogen and oxygen atoms in total. The molecule has 0 unspecified atom stereocenters. The van der Waals surface area contributed by atoms with E-state index >= 15 is 0 Å². The summed E-state index contributed by atoms with van der Waals surface area (Å²) in [5, 5.41) is 17.1. The molecule has 0 atom stereocenters. The zero-order chi connectivity index (χ0) is 19.0. The van der Waals surface area contributed by atoms with Crippen LogP contribution in [0.25, 0.3) is 0 Å². The number of aryl methyl sites for hydroxylation is 1. The summed E-state index contributed by atoms with van der Waals surface area (Å²) in [6.07, 6.45) is 1.40. The lowest BCUT2D eigenvalue weighted by Crippen LogP contribution is -2.49. The SMILES string of the molecule is CCNC(=NCc1ccc(C)cc1OC(C)C)NCC1(O)CCOCC1. The quantitative estimate of drug-likeness (QED) is 0.512. The third kappa shape index (κ3) is 6.50. The lowest BCUT2D eigenvalue weighted by Gasteiger charge is -2.32. The molecule has 1 heterocycles. The first kappa shape index (κ1) is 20.5. The number of benzene rings is 1. The first-order valence-electron chi connectivity index (χ1n) is 9.50. The molecule has 1 aromatic rings. The fraction of sp³-hybridized carbons (Fsp3) is 0.650. The van der Waals surface area contributed by atoms with Crippen molar-refractivity contribution in [3.8, 4) is 5.75 Å². The van der Waals surface area contributed by atoms with E-state index in [-0.39, 0.29) is 6.10 Å². The number of aliphatic imine (C=N–C) groups is 1. The first-order chi connectivity index (χ1) is 12.4. The number of aliphatic hydroxyl groups is 1. The van der Waals surface area contributed by atoms with Gasteiger partial charge >= 0.3 is 0 Å². The Kier molecular flexibility index (Phi) is 7.72. The van der Waals surface area contributed by atoms with E-state index in [1.54, 1.807) is 0 Å². The third-order valence-electron chi connectivity index (χ3n) is 4.35. The van der Waals surface area contributed by atoms with Crippen LogP contribution in [0.15, 0.2) is 23.2 Å². The number of hydrogen-bond donors (Lipinski definition) is 3. The maximum atomic E-state index is 10.6. The number of nitrogens with one attached hydrogen (secondary N) is 2. The summed E-state index contributed by atoms with van der Waals surface area (Å²) in [4.78, 5) is 4.67. The highest BCUT2D eigenvalue weighted by molar-refractivity contribution is 5.79. The predicted molar refractivity (Wildman–Crippen MR) is 105 cm³/mol. The molecule has 1 saturated heterocycles. The number of ether oxygens (including phenoxy) is 2. The van der Waals surface area contributed by atoms with Crippen LogP contribution < -0.4 is 15.4 Å². The van der Waals surface area contributed by atoms with Gasteiger partial charge in [-0.05, 0) is 39.3 Å². The summed E-state index contributed by atoms with van der Waals surface area (Å²) in [6.45, 7) is 11.1. The van der Waals surface area contributed by atoms with Crippen LogP contribution >= 0.6 is 0 Å². The molecule has 6 heteroatoms. The van der Waals surface area contributed by atoms with E-state index in [4.69, 9.17) is 9.47 Å². The van der Waals surface area contributed by atoms with Gasteiger partial charge in [-0.2, -0.15) is 0 Å². The standard InChI is InChI=1S/C20H33N3O3/c1-5-21-19(23-14-20(24)8-10-25-11-9-20)22-13-17-7-6-16(4)12-18(17)26-15(2)3/h6-7,12,15,24H,5,8-11,13-14H2,1-4H3,(H2,21,22,23). The van der Waals surface area contributed by atoms with E-state index in [0.717, 1.165) is 17.9 Å². The van der Waals surface area contributed by atoms with Crippen LogP contribution in [0.2, 0.25) is 0 Å². The van der Waals surface area contributed by atoms with E-state index < -0.39 is 5.60 Å². The van der Waals surface area contributed by atoms with Crippen LogP contribution in [0.1, 0.15) is 44.7 Å². The highest BCUT2D eigenvalue weighted by atomic mass is 16.5. The van der Waals surface area contributed by atoms with Gasteiger partial charge in [-0.15, -0.1) is 0 Å². The molecule has 1 fully saturated rings. The minimum absolute atomic E-state index is 0.119. The van der Waals surface area contributed by atoms with E-state index in [9.17, 15) is 5.11 Å². The summed E-state index contributed by atoms with van der Waals surface area (Å²) in [5.41, 5.74) is 1.48. The molecule has 0 radical (unpaired) electrons. The van der Waals surface area contributed by atoms with Gasteiger partial charge in [0.25, 0.3) is 0 Å². The average Bonchev–Trinajstić information content (AvgIpc) is 2.59. The molecule has 26 heavy (non-hydrogen) atoms. The topological polar surface area (TPSA) is 75.1 Å². The maximum Gasteiger partial charge on any atom is 0.191 e. The second-order valence-corrected chi connectivity index (χ2v) is 7.16. The number of rotatable bonds is 7. The predicted octanol–water partition coefficient (Wildman–Crippen LogP) is 2.38. The van der Waals surface area contributed by atoms with Gasteiger partial charge in [0, 0.05) is 44.7 Å². The van der Waals surface area contributed by atoms with Gasteiger partial charge in [0.1, 0.15) is 5.75 Å². The van der Waals surface area contributed by atoms with Crippen molar-refractivity contribution in [2.24, 2.45) is 4.99 Å². The lowest BCUT2D eigenvalue weighted by atomic mass is 9.94. The Hall–Kier alpha value is -1.79. The van der Waals surface area contributed by atoms with Gasteiger partial charge < -0.3 is 25.2 Å². The smallest absolute Gasteiger partial charge is 0.191 e. The van der Waals surface area contributed by atoms with Crippen LogP contribution in [0.3, 0.4) is 0 Å². The van der Waals surface area contributed by atoms with E-state index in [2.05, 4.69) is 40.7 Å². The highest BCUT2D eigenvalue weighted by Gasteiger charge is 2.29. The summed E-state index contributed by atoms with van der Waals surface area (Å²) in [6, 6.07) is 6.19. The van der Waals surface area contributed by atoms with Gasteiger partial charge in [-0.25, -0.2) is 4.99 Å². The molecule has 1 aliphatic rings. The summed E-state index contributed by atoms with van der Waals surface area (Å²) >= 11 is 0. The molecule has 0 amide bonds. The molecular formula is C20H33N3O3. The Morgan fingerprint density at radius 3 is 2.69 bits per heavy atom. The molecular weight excluding hydrogens is 330 g/mol. The Morgan fingerprint density at radius 2 is 2.04 bits per heavy atom. The van der Waals surface area contributed by atoms with Crippen molar-refractivity contribution in [1.82, 2.24) is 10.6 Å². The van der Waals surface area contributed by atoms with Crippen molar-refractivity contribution in [2.45, 2.75) is 58.8 Å². The van der Waals surface area contributed by atoms with Crippen LogP contribution in [-0.2, 0) is 11.3 Å². The zero-order valence-corrected chi connectivity index (χ0v) is 16.5. The minimum Gasteiger partial charge on any atom is -0.491 e. The van der Waals surface area contributed by atoms with Crippen molar-refractivity contribution in [2.75, 3.05) is 26.3 Å². The third-order valence-corrected chi connectivity index (χ3v) is 4.35. The minimum atomic E-state index is -0.732. The molecule has 0 saturated carbocycles. The van der Waals surface area contributed by atoms with Crippen LogP contribution in [0, 0.1) is 6.92 Å². The van der Waals surface area contributed by atoms with E-state index in [1.165, 1.54) is 5.56 Å². The second-order valence-electron chi connectivity index (χ2n) is 7.16. The molecule has 3 N–H and O–H groups in total. The normalized spacial score (nSPS) is 17.2. The molecule has 0 aromatic heterocycles. The Labute approximate surface area is 157 Å². The molecule has 1 aromatic carbocycles. The van der Waals surface area contributed by atoms with Gasteiger partial charge in [0.15, 0.2) is 5.96 Å². The van der Waals surface area contributed by atoms with Crippen LogP contribution in [0.5, 0.6) is 5.75 Å². The molecule has 0 aliphatic carbocycles. The average molecular weight is 364 g/mol. The number of hydrogen-bond acceptors (Lipinski definition) is 4. The van der Waals surface area contributed by atoms with Crippen LogP contribution in [0.4, 0.5) is 0 Å². The van der Waals surface area contributed by atoms with Crippen molar-refractivity contribution < 1.29 is 14.6 Å². The Morgan fingerprint density at radius 1 is 1.31 bits per heavy atom. The maximum absolute atomic E-state index is 10.6. The Bertz CT molecular complexity index is 596. The monoisotopic (exact) mass is 363 g/mol. The van der Waals surface area contributed by atoms with E-state index in [1.807, 2.05) is 20.8 Å².